The Morgan fingerprint density at radius 2 is 2.08 bits per heavy atom. The van der Waals surface area contributed by atoms with Gasteiger partial charge in [0.2, 0.25) is 18.6 Å². The second kappa shape index (κ2) is 7.92. The fourth-order valence-corrected chi connectivity index (χ4v) is 3.14. The van der Waals surface area contributed by atoms with Gasteiger partial charge < -0.3 is 24.8 Å². The number of hydrogen-bond donors (Lipinski definition) is 2. The van der Waals surface area contributed by atoms with Crippen molar-refractivity contribution >= 4 is 11.8 Å². The molecule has 0 radical (unpaired) electrons. The summed E-state index contributed by atoms with van der Waals surface area (Å²) < 4.78 is 10.6. The molecule has 3 rings (SSSR count). The molecule has 1 aromatic carbocycles. The number of likely N-dealkylation sites (N-methyl/N-ethyl adjacent to an activating group) is 1. The number of carbonyl (C=O) groups is 2. The lowest BCUT2D eigenvalue weighted by molar-refractivity contribution is -0.131. The third-order valence-electron chi connectivity index (χ3n) is 4.67. The van der Waals surface area contributed by atoms with E-state index in [4.69, 9.17) is 9.47 Å². The Morgan fingerprint density at radius 1 is 1.31 bits per heavy atom. The Balaban J connectivity index is 1.48. The van der Waals surface area contributed by atoms with E-state index in [2.05, 4.69) is 5.32 Å². The normalized spacial score (nSPS) is 22.1. The number of hydrogen-bond acceptors (Lipinski definition) is 6. The SMILES string of the molecule is CN(C)C(=O)CN1CC[C@@H](NC(=O)Cc2ccc3c(c2)OCO3)[C@H](O)C1. The van der Waals surface area contributed by atoms with Crippen LogP contribution in [-0.2, 0) is 16.0 Å². The summed E-state index contributed by atoms with van der Waals surface area (Å²) in [5.41, 5.74) is 0.829. The van der Waals surface area contributed by atoms with E-state index in [9.17, 15) is 14.7 Å². The number of piperidine rings is 1. The summed E-state index contributed by atoms with van der Waals surface area (Å²) in [5, 5.41) is 13.2. The van der Waals surface area contributed by atoms with Crippen molar-refractivity contribution in [2.45, 2.75) is 25.0 Å². The van der Waals surface area contributed by atoms with Gasteiger partial charge in [-0.2, -0.15) is 0 Å². The molecule has 0 spiro atoms. The molecule has 0 bridgehead atoms. The molecule has 1 fully saturated rings. The average molecular weight is 363 g/mol. The highest BCUT2D eigenvalue weighted by molar-refractivity contribution is 5.79. The van der Waals surface area contributed by atoms with Gasteiger partial charge in [0.1, 0.15) is 0 Å². The van der Waals surface area contributed by atoms with Crippen LogP contribution in [0.1, 0.15) is 12.0 Å². The van der Waals surface area contributed by atoms with Gasteiger partial charge in [0, 0.05) is 27.2 Å². The fourth-order valence-electron chi connectivity index (χ4n) is 3.14. The number of aliphatic hydroxyl groups is 1. The number of ether oxygens (including phenoxy) is 2. The Hall–Kier alpha value is -2.32. The van der Waals surface area contributed by atoms with E-state index in [1.165, 1.54) is 4.90 Å². The topological polar surface area (TPSA) is 91.3 Å². The summed E-state index contributed by atoms with van der Waals surface area (Å²) in [6.07, 6.45) is 0.122. The fraction of sp³-hybridized carbons (Fsp3) is 0.556. The van der Waals surface area contributed by atoms with Crippen LogP contribution in [-0.4, -0.2) is 79.4 Å². The number of fused-ring (bicyclic) bond motifs is 1. The van der Waals surface area contributed by atoms with Crippen LogP contribution >= 0.6 is 0 Å². The maximum atomic E-state index is 12.3. The molecule has 8 heteroatoms. The average Bonchev–Trinajstić information content (AvgIpc) is 3.05. The molecule has 1 saturated heterocycles. The summed E-state index contributed by atoms with van der Waals surface area (Å²) in [6, 6.07) is 5.12. The number of benzene rings is 1. The maximum Gasteiger partial charge on any atom is 0.236 e. The monoisotopic (exact) mass is 363 g/mol. The largest absolute Gasteiger partial charge is 0.454 e. The van der Waals surface area contributed by atoms with Crippen molar-refractivity contribution in [2.75, 3.05) is 40.5 Å². The first kappa shape index (κ1) is 18.5. The predicted molar refractivity (Wildman–Crippen MR) is 94.0 cm³/mol. The van der Waals surface area contributed by atoms with Crippen molar-refractivity contribution in [1.82, 2.24) is 15.1 Å². The van der Waals surface area contributed by atoms with E-state index < -0.39 is 6.10 Å². The highest BCUT2D eigenvalue weighted by Crippen LogP contribution is 2.32. The van der Waals surface area contributed by atoms with Gasteiger partial charge in [-0.25, -0.2) is 0 Å². The lowest BCUT2D eigenvalue weighted by atomic mass is 10.0. The van der Waals surface area contributed by atoms with Gasteiger partial charge >= 0.3 is 0 Å². The zero-order valence-corrected chi connectivity index (χ0v) is 15.1. The van der Waals surface area contributed by atoms with Crippen LogP contribution in [0, 0.1) is 0 Å². The van der Waals surface area contributed by atoms with Crippen molar-refractivity contribution in [2.24, 2.45) is 0 Å². The van der Waals surface area contributed by atoms with Crippen LogP contribution in [0.25, 0.3) is 0 Å². The van der Waals surface area contributed by atoms with E-state index >= 15 is 0 Å². The number of nitrogens with zero attached hydrogens (tertiary/aromatic N) is 2. The first-order chi connectivity index (χ1) is 12.4. The van der Waals surface area contributed by atoms with E-state index in [0.717, 1.165) is 5.56 Å². The number of nitrogens with one attached hydrogen (secondary N) is 1. The van der Waals surface area contributed by atoms with Gasteiger partial charge in [-0.1, -0.05) is 6.07 Å². The molecule has 2 N–H and O–H groups in total. The number of amides is 2. The van der Waals surface area contributed by atoms with Crippen molar-refractivity contribution in [3.63, 3.8) is 0 Å². The van der Waals surface area contributed by atoms with Gasteiger partial charge in [0.05, 0.1) is 25.1 Å². The van der Waals surface area contributed by atoms with Crippen LogP contribution in [0.3, 0.4) is 0 Å². The summed E-state index contributed by atoms with van der Waals surface area (Å²) in [4.78, 5) is 27.5. The molecule has 1 aromatic rings. The quantitative estimate of drug-likeness (QED) is 0.740. The molecule has 26 heavy (non-hydrogen) atoms. The minimum Gasteiger partial charge on any atom is -0.454 e. The van der Waals surface area contributed by atoms with Gasteiger partial charge in [0.25, 0.3) is 0 Å². The highest BCUT2D eigenvalue weighted by Gasteiger charge is 2.30. The molecule has 8 nitrogen and oxygen atoms in total. The Kier molecular flexibility index (Phi) is 5.63. The Morgan fingerprint density at radius 3 is 2.81 bits per heavy atom. The van der Waals surface area contributed by atoms with E-state index in [1.54, 1.807) is 26.2 Å². The number of aliphatic hydroxyl groups excluding tert-OH is 1. The van der Waals surface area contributed by atoms with Gasteiger partial charge in [-0.05, 0) is 24.1 Å². The van der Waals surface area contributed by atoms with E-state index in [-0.39, 0.29) is 37.6 Å². The first-order valence-corrected chi connectivity index (χ1v) is 8.71. The van der Waals surface area contributed by atoms with E-state index in [0.29, 0.717) is 31.0 Å². The number of rotatable bonds is 5. The Bertz CT molecular complexity index is 679. The standard InChI is InChI=1S/C18H25N3O5/c1-20(2)18(24)10-21-6-5-13(14(22)9-21)19-17(23)8-12-3-4-15-16(7-12)26-11-25-15/h3-4,7,13-14,22H,5-6,8-11H2,1-2H3,(H,19,23)/t13-,14-/m1/s1. The summed E-state index contributed by atoms with van der Waals surface area (Å²) in [6.45, 7) is 1.51. The second-order valence-corrected chi connectivity index (χ2v) is 6.92. The maximum absolute atomic E-state index is 12.3. The zero-order valence-electron chi connectivity index (χ0n) is 15.1. The number of β-amino-alcohol motifs (C(OH)–C–C–N with tert-alkyl or cyclic N) is 1. The molecule has 2 aliphatic heterocycles. The van der Waals surface area contributed by atoms with Crippen LogP contribution in [0.5, 0.6) is 11.5 Å². The van der Waals surface area contributed by atoms with Gasteiger partial charge in [-0.15, -0.1) is 0 Å². The molecule has 2 heterocycles. The summed E-state index contributed by atoms with van der Waals surface area (Å²) in [5.74, 6) is 1.19. The van der Waals surface area contributed by atoms with Gasteiger partial charge in [0.15, 0.2) is 11.5 Å². The number of carbonyl (C=O) groups excluding carboxylic acids is 2. The minimum atomic E-state index is -0.695. The molecule has 2 amide bonds. The summed E-state index contributed by atoms with van der Waals surface area (Å²) >= 11 is 0. The first-order valence-electron chi connectivity index (χ1n) is 8.71. The highest BCUT2D eigenvalue weighted by atomic mass is 16.7. The molecular weight excluding hydrogens is 338 g/mol. The van der Waals surface area contributed by atoms with Crippen molar-refractivity contribution in [3.05, 3.63) is 23.8 Å². The third kappa shape index (κ3) is 4.44. The Labute approximate surface area is 152 Å². The second-order valence-electron chi connectivity index (χ2n) is 6.92. The van der Waals surface area contributed by atoms with Crippen LogP contribution in [0.15, 0.2) is 18.2 Å². The molecule has 2 aliphatic rings. The number of likely N-dealkylation sites (tertiary alicyclic amines) is 1. The lowest BCUT2D eigenvalue weighted by Gasteiger charge is -2.36. The molecule has 0 aliphatic carbocycles. The summed E-state index contributed by atoms with van der Waals surface area (Å²) in [7, 11) is 3.42. The molecule has 142 valence electrons. The van der Waals surface area contributed by atoms with Gasteiger partial charge in [-0.3, -0.25) is 14.5 Å². The van der Waals surface area contributed by atoms with Crippen LogP contribution in [0.4, 0.5) is 0 Å². The van der Waals surface area contributed by atoms with Crippen molar-refractivity contribution < 1.29 is 24.2 Å². The van der Waals surface area contributed by atoms with Crippen molar-refractivity contribution in [1.29, 1.82) is 0 Å². The molecule has 0 unspecified atom stereocenters. The minimum absolute atomic E-state index is 0.00231. The van der Waals surface area contributed by atoms with Crippen molar-refractivity contribution in [3.8, 4) is 11.5 Å². The molecular formula is C18H25N3O5. The zero-order chi connectivity index (χ0) is 18.7. The molecule has 0 aromatic heterocycles. The predicted octanol–water partition coefficient (Wildman–Crippen LogP) is -0.403. The van der Waals surface area contributed by atoms with Crippen LogP contribution in [0.2, 0.25) is 0 Å². The molecule has 0 saturated carbocycles. The lowest BCUT2D eigenvalue weighted by Crippen LogP contribution is -2.55. The third-order valence-corrected chi connectivity index (χ3v) is 4.67. The molecule has 2 atom stereocenters. The smallest absolute Gasteiger partial charge is 0.236 e. The van der Waals surface area contributed by atoms with E-state index in [1.807, 2.05) is 11.0 Å². The van der Waals surface area contributed by atoms with Crippen LogP contribution < -0.4 is 14.8 Å².